The lowest BCUT2D eigenvalue weighted by molar-refractivity contribution is 0.386. The van der Waals surface area contributed by atoms with E-state index in [4.69, 9.17) is 10.2 Å². The van der Waals surface area contributed by atoms with Crippen molar-refractivity contribution < 1.29 is 12.8 Å². The molecule has 2 heterocycles. The second-order valence-electron chi connectivity index (χ2n) is 4.01. The minimum Gasteiger partial charge on any atom is -0.447 e. The van der Waals surface area contributed by atoms with Crippen LogP contribution in [-0.2, 0) is 23.1 Å². The lowest BCUT2D eigenvalue weighted by Gasteiger charge is -2.14. The van der Waals surface area contributed by atoms with Crippen molar-refractivity contribution in [2.45, 2.75) is 18.2 Å². The molecule has 0 atom stereocenters. The van der Waals surface area contributed by atoms with Gasteiger partial charge >= 0.3 is 0 Å². The van der Waals surface area contributed by atoms with Gasteiger partial charge in [0, 0.05) is 13.2 Å². The predicted molar refractivity (Wildman–Crippen MR) is 69.5 cm³/mol. The van der Waals surface area contributed by atoms with Crippen LogP contribution in [0, 0.1) is 0 Å². The van der Waals surface area contributed by atoms with Crippen molar-refractivity contribution in [3.8, 4) is 0 Å². The third-order valence-electron chi connectivity index (χ3n) is 2.61. The van der Waals surface area contributed by atoms with Gasteiger partial charge in [0.15, 0.2) is 0 Å². The van der Waals surface area contributed by atoms with E-state index in [1.165, 1.54) is 17.4 Å². The Balaban J connectivity index is 2.19. The maximum Gasteiger partial charge on any atom is 0.276 e. The minimum absolute atomic E-state index is 0.105. The van der Waals surface area contributed by atoms with Crippen molar-refractivity contribution in [3.63, 3.8) is 0 Å². The fourth-order valence-corrected chi connectivity index (χ4v) is 2.63. The Morgan fingerprint density at radius 2 is 2.11 bits per heavy atom. The molecule has 0 aliphatic heterocycles. The van der Waals surface area contributed by atoms with Gasteiger partial charge in [-0.15, -0.1) is 0 Å². The number of sulfonamides is 1. The highest BCUT2D eigenvalue weighted by Crippen LogP contribution is 2.18. The lowest BCUT2D eigenvalue weighted by atomic mass is 10.3. The summed E-state index contributed by atoms with van der Waals surface area (Å²) in [6.07, 6.45) is 1.62. The highest BCUT2D eigenvalue weighted by molar-refractivity contribution is 7.88. The average Bonchev–Trinajstić information content (AvgIpc) is 2.89. The molecule has 2 rings (SSSR count). The summed E-state index contributed by atoms with van der Waals surface area (Å²) in [5.41, 5.74) is 6.06. The van der Waals surface area contributed by atoms with Crippen LogP contribution in [0.25, 0.3) is 0 Å². The van der Waals surface area contributed by atoms with E-state index in [1.807, 2.05) is 6.07 Å². The third-order valence-corrected chi connectivity index (χ3v) is 4.29. The quantitative estimate of drug-likeness (QED) is 0.881. The maximum atomic E-state index is 12.2. The summed E-state index contributed by atoms with van der Waals surface area (Å²) in [5, 5.41) is -0.105. The zero-order valence-electron chi connectivity index (χ0n) is 10.5. The van der Waals surface area contributed by atoms with Gasteiger partial charge in [0.1, 0.15) is 5.76 Å². The molecule has 0 saturated heterocycles. The van der Waals surface area contributed by atoms with E-state index in [1.54, 1.807) is 24.4 Å². The summed E-state index contributed by atoms with van der Waals surface area (Å²) in [7, 11) is -2.17. The zero-order valence-corrected chi connectivity index (χ0v) is 11.3. The molecule has 0 unspecified atom stereocenters. The number of aromatic nitrogens is 1. The van der Waals surface area contributed by atoms with Gasteiger partial charge in [-0.2, -0.15) is 4.31 Å². The monoisotopic (exact) mass is 281 g/mol. The molecule has 7 heteroatoms. The Hall–Kier alpha value is -1.70. The molecule has 0 spiro atoms. The van der Waals surface area contributed by atoms with Crippen LogP contribution in [-0.4, -0.2) is 24.8 Å². The van der Waals surface area contributed by atoms with E-state index >= 15 is 0 Å². The van der Waals surface area contributed by atoms with Gasteiger partial charge < -0.3 is 10.2 Å². The second kappa shape index (κ2) is 5.52. The van der Waals surface area contributed by atoms with Crippen molar-refractivity contribution >= 4 is 10.0 Å². The van der Waals surface area contributed by atoms with Crippen LogP contribution in [0.3, 0.4) is 0 Å². The van der Waals surface area contributed by atoms with E-state index in [9.17, 15) is 8.42 Å². The van der Waals surface area contributed by atoms with Crippen LogP contribution >= 0.6 is 0 Å². The maximum absolute atomic E-state index is 12.2. The van der Waals surface area contributed by atoms with Gasteiger partial charge in [0.2, 0.25) is 5.09 Å². The predicted octanol–water partition coefficient (Wildman–Crippen LogP) is 0.954. The lowest BCUT2D eigenvalue weighted by Crippen LogP contribution is -2.26. The van der Waals surface area contributed by atoms with Gasteiger partial charge in [-0.1, -0.05) is 6.07 Å². The third kappa shape index (κ3) is 3.01. The molecule has 0 amide bonds. The number of nitrogens with two attached hydrogens (primary N) is 1. The number of nitrogens with zero attached hydrogens (tertiary/aromatic N) is 2. The number of rotatable bonds is 5. The molecule has 2 N–H and O–H groups in total. The first-order valence-electron chi connectivity index (χ1n) is 5.69. The van der Waals surface area contributed by atoms with Crippen LogP contribution in [0.1, 0.15) is 11.5 Å². The van der Waals surface area contributed by atoms with Gasteiger partial charge in [0.05, 0.1) is 18.8 Å². The number of hydrogen-bond acceptors (Lipinski definition) is 5. The molecule has 2 aromatic rings. The van der Waals surface area contributed by atoms with Crippen molar-refractivity contribution in [3.05, 3.63) is 48.0 Å². The van der Waals surface area contributed by atoms with Crippen LogP contribution in [0.2, 0.25) is 0 Å². The molecule has 6 nitrogen and oxygen atoms in total. The summed E-state index contributed by atoms with van der Waals surface area (Å²) in [6.45, 7) is 0.349. The fourth-order valence-electron chi connectivity index (χ4n) is 1.56. The van der Waals surface area contributed by atoms with Gasteiger partial charge in [-0.3, -0.25) is 4.98 Å². The smallest absolute Gasteiger partial charge is 0.276 e. The minimum atomic E-state index is -3.66. The second-order valence-corrected chi connectivity index (χ2v) is 5.98. The molecular weight excluding hydrogens is 266 g/mol. The standard InChI is InChI=1S/C12H15N3O3S/c1-15(9-10-4-2-3-7-14-10)19(16,17)12-6-5-11(8-13)18-12/h2-7H,8-9,13H2,1H3. The van der Waals surface area contributed by atoms with Crippen molar-refractivity contribution in [2.24, 2.45) is 5.73 Å². The van der Waals surface area contributed by atoms with Gasteiger partial charge in [0.25, 0.3) is 10.0 Å². The number of pyridine rings is 1. The SMILES string of the molecule is CN(Cc1ccccn1)S(=O)(=O)c1ccc(CN)o1. The fraction of sp³-hybridized carbons (Fsp3) is 0.250. The Morgan fingerprint density at radius 1 is 1.32 bits per heavy atom. The largest absolute Gasteiger partial charge is 0.447 e. The number of hydrogen-bond donors (Lipinski definition) is 1. The molecule has 0 aliphatic carbocycles. The molecule has 2 aromatic heterocycles. The molecule has 0 bridgehead atoms. The van der Waals surface area contributed by atoms with Gasteiger partial charge in [-0.05, 0) is 24.3 Å². The van der Waals surface area contributed by atoms with Crippen molar-refractivity contribution in [1.82, 2.24) is 9.29 Å². The molecule has 0 fully saturated rings. The Bertz CT molecular complexity index is 637. The first kappa shape index (κ1) is 13.7. The van der Waals surface area contributed by atoms with E-state index in [-0.39, 0.29) is 18.2 Å². The van der Waals surface area contributed by atoms with Crippen LogP contribution in [0.4, 0.5) is 0 Å². The molecular formula is C12H15N3O3S. The first-order valence-corrected chi connectivity index (χ1v) is 7.13. The van der Waals surface area contributed by atoms with Crippen molar-refractivity contribution in [2.75, 3.05) is 7.05 Å². The van der Waals surface area contributed by atoms with Crippen LogP contribution < -0.4 is 5.73 Å². The normalized spacial score (nSPS) is 11.9. The summed E-state index contributed by atoms with van der Waals surface area (Å²) in [4.78, 5) is 4.09. The topological polar surface area (TPSA) is 89.4 Å². The highest BCUT2D eigenvalue weighted by atomic mass is 32.2. The first-order chi connectivity index (χ1) is 9.04. The van der Waals surface area contributed by atoms with E-state index in [0.29, 0.717) is 11.5 Å². The zero-order chi connectivity index (χ0) is 13.9. The molecule has 102 valence electrons. The van der Waals surface area contributed by atoms with Gasteiger partial charge in [-0.25, -0.2) is 8.42 Å². The van der Waals surface area contributed by atoms with Crippen molar-refractivity contribution in [1.29, 1.82) is 0 Å². The summed E-state index contributed by atoms with van der Waals surface area (Å²) in [6, 6.07) is 8.31. The summed E-state index contributed by atoms with van der Waals surface area (Å²) >= 11 is 0. The average molecular weight is 281 g/mol. The van der Waals surface area contributed by atoms with Crippen LogP contribution in [0.15, 0.2) is 46.0 Å². The highest BCUT2D eigenvalue weighted by Gasteiger charge is 2.24. The Labute approximate surface area is 111 Å². The summed E-state index contributed by atoms with van der Waals surface area (Å²) in [5.74, 6) is 0.435. The van der Waals surface area contributed by atoms with Crippen LogP contribution in [0.5, 0.6) is 0 Å². The Morgan fingerprint density at radius 3 is 2.68 bits per heavy atom. The molecule has 0 saturated carbocycles. The summed E-state index contributed by atoms with van der Waals surface area (Å²) < 4.78 is 30.8. The molecule has 19 heavy (non-hydrogen) atoms. The van der Waals surface area contributed by atoms with E-state index in [2.05, 4.69) is 4.98 Å². The molecule has 0 aliphatic rings. The molecule has 0 radical (unpaired) electrons. The Kier molecular flexibility index (Phi) is 3.98. The number of furan rings is 1. The van der Waals surface area contributed by atoms with E-state index < -0.39 is 10.0 Å². The van der Waals surface area contributed by atoms with E-state index in [0.717, 1.165) is 0 Å². The molecule has 0 aromatic carbocycles.